The van der Waals surface area contributed by atoms with E-state index in [1.807, 2.05) is 36.4 Å². The molecule has 18 heavy (non-hydrogen) atoms. The first kappa shape index (κ1) is 13.1. The number of nitrogens with zero attached hydrogens (tertiary/aromatic N) is 1. The normalized spacial score (nSPS) is 10.3. The molecule has 1 aromatic heterocycles. The van der Waals surface area contributed by atoms with Crippen LogP contribution in [0.2, 0.25) is 0 Å². The van der Waals surface area contributed by atoms with Crippen LogP contribution in [0.5, 0.6) is 5.75 Å². The van der Waals surface area contributed by atoms with Gasteiger partial charge in [0.25, 0.3) is 0 Å². The zero-order valence-corrected chi connectivity index (χ0v) is 11.6. The summed E-state index contributed by atoms with van der Waals surface area (Å²) < 4.78 is 6.76. The maximum absolute atomic E-state index is 5.75. The highest BCUT2D eigenvalue weighted by molar-refractivity contribution is 9.10. The highest BCUT2D eigenvalue weighted by atomic mass is 79.9. The quantitative estimate of drug-likeness (QED) is 0.924. The Morgan fingerprint density at radius 1 is 1.22 bits per heavy atom. The van der Waals surface area contributed by atoms with Gasteiger partial charge in [-0.1, -0.05) is 22.0 Å². The van der Waals surface area contributed by atoms with E-state index in [4.69, 9.17) is 10.5 Å². The molecule has 0 radical (unpaired) electrons. The van der Waals surface area contributed by atoms with Crippen molar-refractivity contribution in [3.8, 4) is 5.75 Å². The van der Waals surface area contributed by atoms with Crippen LogP contribution in [0, 0.1) is 0 Å². The van der Waals surface area contributed by atoms with Crippen LogP contribution in [-0.2, 0) is 13.0 Å². The molecular formula is C14H15BrN2O. The molecule has 3 nitrogen and oxygen atoms in total. The number of pyridine rings is 1. The Hall–Kier alpha value is -1.39. The molecule has 0 aliphatic rings. The van der Waals surface area contributed by atoms with Crippen LogP contribution in [0.4, 0.5) is 0 Å². The third-order valence-electron chi connectivity index (χ3n) is 2.58. The Labute approximate surface area is 115 Å². The van der Waals surface area contributed by atoms with Gasteiger partial charge in [0.1, 0.15) is 5.75 Å². The van der Waals surface area contributed by atoms with Crippen LogP contribution >= 0.6 is 15.9 Å². The van der Waals surface area contributed by atoms with Gasteiger partial charge in [0, 0.05) is 34.9 Å². The summed E-state index contributed by atoms with van der Waals surface area (Å²) in [6.45, 7) is 1.07. The third kappa shape index (κ3) is 3.55. The van der Waals surface area contributed by atoms with Gasteiger partial charge in [-0.15, -0.1) is 0 Å². The number of ether oxygens (including phenoxy) is 1. The molecule has 0 bridgehead atoms. The number of halogens is 1. The summed E-state index contributed by atoms with van der Waals surface area (Å²) >= 11 is 3.42. The molecule has 0 atom stereocenters. The lowest BCUT2D eigenvalue weighted by atomic mass is 10.2. The molecule has 0 aliphatic heterocycles. The third-order valence-corrected chi connectivity index (χ3v) is 3.08. The number of aromatic nitrogens is 1. The van der Waals surface area contributed by atoms with E-state index in [1.165, 1.54) is 0 Å². The molecule has 0 aliphatic carbocycles. The monoisotopic (exact) mass is 306 g/mol. The Bertz CT molecular complexity index is 502. The van der Waals surface area contributed by atoms with Crippen molar-refractivity contribution >= 4 is 15.9 Å². The number of benzene rings is 1. The fraction of sp³-hybridized carbons (Fsp3) is 0.214. The Morgan fingerprint density at radius 2 is 2.11 bits per heavy atom. The van der Waals surface area contributed by atoms with Crippen molar-refractivity contribution < 1.29 is 4.74 Å². The van der Waals surface area contributed by atoms with Gasteiger partial charge in [0.15, 0.2) is 0 Å². The largest absolute Gasteiger partial charge is 0.493 e. The van der Waals surface area contributed by atoms with Crippen LogP contribution in [0.25, 0.3) is 0 Å². The van der Waals surface area contributed by atoms with Crippen molar-refractivity contribution in [2.75, 3.05) is 6.61 Å². The van der Waals surface area contributed by atoms with Crippen LogP contribution in [0.3, 0.4) is 0 Å². The molecule has 0 spiro atoms. The van der Waals surface area contributed by atoms with E-state index in [1.54, 1.807) is 6.20 Å². The van der Waals surface area contributed by atoms with E-state index < -0.39 is 0 Å². The zero-order chi connectivity index (χ0) is 12.8. The standard InChI is InChI=1S/C14H15BrN2O/c15-12-4-5-14(11(9-12)10-16)18-8-6-13-3-1-2-7-17-13/h1-5,7,9H,6,8,10,16H2. The second kappa shape index (κ2) is 6.52. The molecule has 1 aromatic carbocycles. The first-order valence-electron chi connectivity index (χ1n) is 5.81. The lowest BCUT2D eigenvalue weighted by Gasteiger charge is -2.10. The highest BCUT2D eigenvalue weighted by Crippen LogP contribution is 2.22. The fourth-order valence-corrected chi connectivity index (χ4v) is 2.07. The Kier molecular flexibility index (Phi) is 4.73. The first-order chi connectivity index (χ1) is 8.79. The van der Waals surface area contributed by atoms with E-state index in [0.717, 1.165) is 27.9 Å². The second-order valence-corrected chi connectivity index (χ2v) is 4.79. The minimum Gasteiger partial charge on any atom is -0.493 e. The predicted molar refractivity (Wildman–Crippen MR) is 75.5 cm³/mol. The summed E-state index contributed by atoms with van der Waals surface area (Å²) in [6.07, 6.45) is 2.58. The number of hydrogen-bond acceptors (Lipinski definition) is 3. The SMILES string of the molecule is NCc1cc(Br)ccc1OCCc1ccccn1. The molecular weight excluding hydrogens is 292 g/mol. The van der Waals surface area contributed by atoms with Crippen molar-refractivity contribution in [2.45, 2.75) is 13.0 Å². The maximum Gasteiger partial charge on any atom is 0.123 e. The van der Waals surface area contributed by atoms with E-state index in [-0.39, 0.29) is 0 Å². The molecule has 0 unspecified atom stereocenters. The summed E-state index contributed by atoms with van der Waals surface area (Å²) in [4.78, 5) is 4.25. The van der Waals surface area contributed by atoms with Gasteiger partial charge in [-0.3, -0.25) is 4.98 Å². The molecule has 1 heterocycles. The number of rotatable bonds is 5. The topological polar surface area (TPSA) is 48.1 Å². The Morgan fingerprint density at radius 3 is 2.83 bits per heavy atom. The molecule has 4 heteroatoms. The van der Waals surface area contributed by atoms with E-state index in [0.29, 0.717) is 13.2 Å². The van der Waals surface area contributed by atoms with Crippen molar-refractivity contribution in [1.82, 2.24) is 4.98 Å². The summed E-state index contributed by atoms with van der Waals surface area (Å²) in [5, 5.41) is 0. The molecule has 2 N–H and O–H groups in total. The average Bonchev–Trinajstić information content (AvgIpc) is 2.41. The second-order valence-electron chi connectivity index (χ2n) is 3.88. The van der Waals surface area contributed by atoms with Crippen molar-refractivity contribution in [3.63, 3.8) is 0 Å². The summed E-state index contributed by atoms with van der Waals surface area (Å²) in [5.41, 5.74) is 7.73. The van der Waals surface area contributed by atoms with Crippen molar-refractivity contribution in [2.24, 2.45) is 5.73 Å². The van der Waals surface area contributed by atoms with Gasteiger partial charge in [-0.2, -0.15) is 0 Å². The van der Waals surface area contributed by atoms with E-state index in [9.17, 15) is 0 Å². The van der Waals surface area contributed by atoms with Crippen LogP contribution in [0.15, 0.2) is 47.1 Å². The molecule has 0 amide bonds. The molecule has 2 aromatic rings. The minimum atomic E-state index is 0.471. The van der Waals surface area contributed by atoms with Crippen LogP contribution in [-0.4, -0.2) is 11.6 Å². The number of nitrogens with two attached hydrogens (primary N) is 1. The van der Waals surface area contributed by atoms with Gasteiger partial charge < -0.3 is 10.5 Å². The lowest BCUT2D eigenvalue weighted by molar-refractivity contribution is 0.317. The molecule has 0 saturated carbocycles. The van der Waals surface area contributed by atoms with Gasteiger partial charge in [0.2, 0.25) is 0 Å². The van der Waals surface area contributed by atoms with Gasteiger partial charge >= 0.3 is 0 Å². The predicted octanol–water partition coefficient (Wildman–Crippen LogP) is 2.92. The molecule has 94 valence electrons. The van der Waals surface area contributed by atoms with Gasteiger partial charge in [-0.25, -0.2) is 0 Å². The van der Waals surface area contributed by atoms with E-state index >= 15 is 0 Å². The number of hydrogen-bond donors (Lipinski definition) is 1. The van der Waals surface area contributed by atoms with Crippen LogP contribution in [0.1, 0.15) is 11.3 Å². The zero-order valence-electron chi connectivity index (χ0n) is 9.97. The smallest absolute Gasteiger partial charge is 0.123 e. The minimum absolute atomic E-state index is 0.471. The summed E-state index contributed by atoms with van der Waals surface area (Å²) in [7, 11) is 0. The summed E-state index contributed by atoms with van der Waals surface area (Å²) in [5.74, 6) is 0.844. The molecule has 0 fully saturated rings. The molecule has 2 rings (SSSR count). The maximum atomic E-state index is 5.75. The van der Waals surface area contributed by atoms with Crippen molar-refractivity contribution in [1.29, 1.82) is 0 Å². The lowest BCUT2D eigenvalue weighted by Crippen LogP contribution is -2.06. The molecule has 0 saturated heterocycles. The van der Waals surface area contributed by atoms with Crippen LogP contribution < -0.4 is 10.5 Å². The highest BCUT2D eigenvalue weighted by Gasteiger charge is 2.03. The fourth-order valence-electron chi connectivity index (χ4n) is 1.66. The van der Waals surface area contributed by atoms with Gasteiger partial charge in [-0.05, 0) is 30.3 Å². The van der Waals surface area contributed by atoms with Crippen molar-refractivity contribution in [3.05, 3.63) is 58.3 Å². The van der Waals surface area contributed by atoms with Gasteiger partial charge in [0.05, 0.1) is 6.61 Å². The summed E-state index contributed by atoms with van der Waals surface area (Å²) in [6, 6.07) is 11.8. The average molecular weight is 307 g/mol. The van der Waals surface area contributed by atoms with E-state index in [2.05, 4.69) is 20.9 Å². The Balaban J connectivity index is 1.94. The first-order valence-corrected chi connectivity index (χ1v) is 6.60.